The molecule has 126 valence electrons. The van der Waals surface area contributed by atoms with E-state index in [4.69, 9.17) is 11.6 Å². The first kappa shape index (κ1) is 16.6. The Morgan fingerprint density at radius 3 is 2.83 bits per heavy atom. The maximum atomic E-state index is 12.6. The predicted octanol–water partition coefficient (Wildman–Crippen LogP) is 2.79. The zero-order valence-corrected chi connectivity index (χ0v) is 14.0. The molecule has 2 fully saturated rings. The van der Waals surface area contributed by atoms with Gasteiger partial charge in [-0.15, -0.1) is 0 Å². The molecule has 2 saturated heterocycles. The summed E-state index contributed by atoms with van der Waals surface area (Å²) in [6, 6.07) is 7.64. The van der Waals surface area contributed by atoms with Crippen LogP contribution in [0.1, 0.15) is 25.7 Å². The number of anilines is 1. The molecule has 2 aliphatic rings. The zero-order valence-electron chi connectivity index (χ0n) is 13.2. The maximum absolute atomic E-state index is 12.6. The van der Waals surface area contributed by atoms with Gasteiger partial charge in [0.2, 0.25) is 0 Å². The van der Waals surface area contributed by atoms with E-state index in [1.807, 2.05) is 17.0 Å². The summed E-state index contributed by atoms with van der Waals surface area (Å²) < 4.78 is 0. The van der Waals surface area contributed by atoms with Crippen molar-refractivity contribution in [2.45, 2.75) is 37.8 Å². The van der Waals surface area contributed by atoms with E-state index in [-0.39, 0.29) is 24.7 Å². The first-order valence-corrected chi connectivity index (χ1v) is 8.73. The Kier molecular flexibility index (Phi) is 5.41. The van der Waals surface area contributed by atoms with Gasteiger partial charge in [0, 0.05) is 35.9 Å². The van der Waals surface area contributed by atoms with Gasteiger partial charge in [0.15, 0.2) is 0 Å². The van der Waals surface area contributed by atoms with Crippen molar-refractivity contribution in [3.05, 3.63) is 29.3 Å². The van der Waals surface area contributed by atoms with E-state index < -0.39 is 0 Å². The highest BCUT2D eigenvalue weighted by Crippen LogP contribution is 2.24. The number of urea groups is 1. The van der Waals surface area contributed by atoms with Crippen LogP contribution in [-0.4, -0.2) is 59.3 Å². The number of nitrogens with zero attached hydrogens (tertiary/aromatic N) is 2. The van der Waals surface area contributed by atoms with Gasteiger partial charge in [-0.3, -0.25) is 4.90 Å². The molecular weight excluding hydrogens is 314 g/mol. The fourth-order valence-electron chi connectivity index (χ4n) is 3.67. The monoisotopic (exact) mass is 337 g/mol. The van der Waals surface area contributed by atoms with Crippen molar-refractivity contribution in [3.8, 4) is 0 Å². The Hall–Kier alpha value is -1.30. The molecule has 3 rings (SSSR count). The minimum Gasteiger partial charge on any atom is -0.395 e. The highest BCUT2D eigenvalue weighted by Gasteiger charge is 2.33. The molecule has 1 aromatic carbocycles. The molecule has 5 nitrogen and oxygen atoms in total. The smallest absolute Gasteiger partial charge is 0.322 e. The number of benzene rings is 1. The highest BCUT2D eigenvalue weighted by atomic mass is 35.5. The van der Waals surface area contributed by atoms with Crippen molar-refractivity contribution < 1.29 is 9.90 Å². The van der Waals surface area contributed by atoms with Crippen molar-refractivity contribution in [2.75, 3.05) is 31.6 Å². The maximum Gasteiger partial charge on any atom is 0.322 e. The Morgan fingerprint density at radius 2 is 2.04 bits per heavy atom. The van der Waals surface area contributed by atoms with Gasteiger partial charge in [0.1, 0.15) is 0 Å². The van der Waals surface area contributed by atoms with Crippen LogP contribution in [0.15, 0.2) is 24.3 Å². The zero-order chi connectivity index (χ0) is 16.2. The second-order valence-corrected chi connectivity index (χ2v) is 6.84. The summed E-state index contributed by atoms with van der Waals surface area (Å²) in [5.74, 6) is 0. The van der Waals surface area contributed by atoms with Gasteiger partial charge < -0.3 is 15.3 Å². The standard InChI is InChI=1S/C17H24ClN3O2/c18-13-4-1-5-14(10-13)19-17(23)21-9-3-6-15(21)11-20-8-2-7-16(20)12-22/h1,4-5,10,15-16,22H,2-3,6-9,11-12H2,(H,19,23)/t15-,16+/m1/s1. The molecule has 0 aromatic heterocycles. The van der Waals surface area contributed by atoms with Crippen LogP contribution >= 0.6 is 11.6 Å². The Bertz CT molecular complexity index is 554. The molecule has 6 heteroatoms. The number of aliphatic hydroxyl groups excluding tert-OH is 1. The third-order valence-electron chi connectivity index (χ3n) is 4.87. The first-order chi connectivity index (χ1) is 11.2. The summed E-state index contributed by atoms with van der Waals surface area (Å²) >= 11 is 5.97. The predicted molar refractivity (Wildman–Crippen MR) is 91.9 cm³/mol. The van der Waals surface area contributed by atoms with Crippen LogP contribution in [0.5, 0.6) is 0 Å². The fourth-order valence-corrected chi connectivity index (χ4v) is 3.86. The number of carbonyl (C=O) groups excluding carboxylic acids is 1. The number of likely N-dealkylation sites (tertiary alicyclic amines) is 2. The summed E-state index contributed by atoms with van der Waals surface area (Å²) in [5.41, 5.74) is 0.725. The molecule has 23 heavy (non-hydrogen) atoms. The van der Waals surface area contributed by atoms with Gasteiger partial charge in [-0.1, -0.05) is 17.7 Å². The summed E-state index contributed by atoms with van der Waals surface area (Å²) in [5, 5.41) is 13.0. The Labute approximate surface area is 142 Å². The number of halogens is 1. The van der Waals surface area contributed by atoms with E-state index >= 15 is 0 Å². The average molecular weight is 338 g/mol. The second-order valence-electron chi connectivity index (χ2n) is 6.40. The molecule has 2 aliphatic heterocycles. The number of carbonyl (C=O) groups is 1. The van der Waals surface area contributed by atoms with Crippen molar-refractivity contribution in [2.24, 2.45) is 0 Å². The number of aliphatic hydroxyl groups is 1. The minimum absolute atomic E-state index is 0.0606. The van der Waals surface area contributed by atoms with Crippen LogP contribution in [0.4, 0.5) is 10.5 Å². The van der Waals surface area contributed by atoms with Gasteiger partial charge in [0.25, 0.3) is 0 Å². The second kappa shape index (κ2) is 7.51. The van der Waals surface area contributed by atoms with Gasteiger partial charge >= 0.3 is 6.03 Å². The molecule has 0 bridgehead atoms. The number of hydrogen-bond acceptors (Lipinski definition) is 3. The summed E-state index contributed by atoms with van der Waals surface area (Å²) in [6.07, 6.45) is 4.24. The van der Waals surface area contributed by atoms with E-state index in [0.29, 0.717) is 5.02 Å². The highest BCUT2D eigenvalue weighted by molar-refractivity contribution is 6.30. The lowest BCUT2D eigenvalue weighted by Gasteiger charge is -2.31. The molecule has 2 amide bonds. The van der Waals surface area contributed by atoms with Crippen molar-refractivity contribution in [1.29, 1.82) is 0 Å². The minimum atomic E-state index is -0.0606. The third kappa shape index (κ3) is 3.97. The third-order valence-corrected chi connectivity index (χ3v) is 5.10. The first-order valence-electron chi connectivity index (χ1n) is 8.35. The number of amides is 2. The largest absolute Gasteiger partial charge is 0.395 e. The molecular formula is C17H24ClN3O2. The lowest BCUT2D eigenvalue weighted by molar-refractivity contribution is 0.130. The topological polar surface area (TPSA) is 55.8 Å². The Balaban J connectivity index is 1.60. The summed E-state index contributed by atoms with van der Waals surface area (Å²) in [4.78, 5) is 16.8. The van der Waals surface area contributed by atoms with Crippen molar-refractivity contribution in [3.63, 3.8) is 0 Å². The van der Waals surface area contributed by atoms with Crippen LogP contribution in [-0.2, 0) is 0 Å². The van der Waals surface area contributed by atoms with Gasteiger partial charge in [-0.05, 0) is 50.4 Å². The fraction of sp³-hybridized carbons (Fsp3) is 0.588. The van der Waals surface area contributed by atoms with Crippen LogP contribution in [0.25, 0.3) is 0 Å². The molecule has 2 N–H and O–H groups in total. The van der Waals surface area contributed by atoms with E-state index in [0.717, 1.165) is 51.0 Å². The van der Waals surface area contributed by atoms with Crippen molar-refractivity contribution >= 4 is 23.3 Å². The van der Waals surface area contributed by atoms with Gasteiger partial charge in [0.05, 0.1) is 6.61 Å². The molecule has 2 heterocycles. The number of nitrogens with one attached hydrogen (secondary N) is 1. The molecule has 0 saturated carbocycles. The van der Waals surface area contributed by atoms with Crippen LogP contribution in [0.3, 0.4) is 0 Å². The van der Waals surface area contributed by atoms with E-state index in [9.17, 15) is 9.90 Å². The van der Waals surface area contributed by atoms with Gasteiger partial charge in [-0.25, -0.2) is 4.79 Å². The molecule has 1 aromatic rings. The van der Waals surface area contributed by atoms with E-state index in [2.05, 4.69) is 10.2 Å². The number of rotatable bonds is 4. The van der Waals surface area contributed by atoms with Crippen LogP contribution in [0.2, 0.25) is 5.02 Å². The van der Waals surface area contributed by atoms with E-state index in [1.165, 1.54) is 0 Å². The Morgan fingerprint density at radius 1 is 1.26 bits per heavy atom. The van der Waals surface area contributed by atoms with Crippen LogP contribution < -0.4 is 5.32 Å². The van der Waals surface area contributed by atoms with Crippen molar-refractivity contribution in [1.82, 2.24) is 9.80 Å². The quantitative estimate of drug-likeness (QED) is 0.888. The SMILES string of the molecule is O=C(Nc1cccc(Cl)c1)N1CCC[C@@H]1CN1CCC[C@H]1CO. The summed E-state index contributed by atoms with van der Waals surface area (Å²) in [7, 11) is 0. The van der Waals surface area contributed by atoms with Crippen LogP contribution in [0, 0.1) is 0 Å². The molecule has 0 unspecified atom stereocenters. The van der Waals surface area contributed by atoms with Gasteiger partial charge in [-0.2, -0.15) is 0 Å². The summed E-state index contributed by atoms with van der Waals surface area (Å²) in [6.45, 7) is 2.87. The molecule has 0 spiro atoms. The lowest BCUT2D eigenvalue weighted by Crippen LogP contribution is -2.46. The van der Waals surface area contributed by atoms with E-state index in [1.54, 1.807) is 12.1 Å². The molecule has 0 aliphatic carbocycles. The molecule has 2 atom stereocenters. The average Bonchev–Trinajstić information content (AvgIpc) is 3.16. The number of hydrogen-bond donors (Lipinski definition) is 2. The normalized spacial score (nSPS) is 25.0. The lowest BCUT2D eigenvalue weighted by atomic mass is 10.2. The molecule has 0 radical (unpaired) electrons.